The Morgan fingerprint density at radius 1 is 1.43 bits per heavy atom. The Labute approximate surface area is 88.7 Å². The van der Waals surface area contributed by atoms with Crippen molar-refractivity contribution in [2.24, 2.45) is 0 Å². The lowest BCUT2D eigenvalue weighted by molar-refractivity contribution is 0.138. The Hall–Kier alpha value is -0.340. The van der Waals surface area contributed by atoms with Gasteiger partial charge in [-0.15, -0.1) is 6.58 Å². The first-order valence-corrected chi connectivity index (χ1v) is 5.73. The maximum Gasteiger partial charge on any atom is 0.0591 e. The minimum absolute atomic E-state index is 0.623. The van der Waals surface area contributed by atoms with E-state index in [0.717, 1.165) is 26.2 Å². The fraction of sp³-hybridized carbons (Fsp3) is 0.833. The van der Waals surface area contributed by atoms with E-state index in [9.17, 15) is 0 Å². The van der Waals surface area contributed by atoms with Crippen LogP contribution < -0.4 is 5.32 Å². The first-order chi connectivity index (χ1) is 6.81. The van der Waals surface area contributed by atoms with Gasteiger partial charge in [0.15, 0.2) is 0 Å². The van der Waals surface area contributed by atoms with Crippen molar-refractivity contribution < 1.29 is 4.74 Å². The topological polar surface area (TPSA) is 21.3 Å². The molecule has 1 N–H and O–H groups in total. The van der Waals surface area contributed by atoms with Gasteiger partial charge in [0.25, 0.3) is 0 Å². The van der Waals surface area contributed by atoms with Gasteiger partial charge in [0.2, 0.25) is 0 Å². The van der Waals surface area contributed by atoms with Crippen molar-refractivity contribution in [2.75, 3.05) is 19.8 Å². The summed E-state index contributed by atoms with van der Waals surface area (Å²) >= 11 is 0. The number of nitrogens with one attached hydrogen (secondary N) is 1. The number of hydrogen-bond donors (Lipinski definition) is 1. The number of ether oxygens (including phenoxy) is 1. The van der Waals surface area contributed by atoms with Crippen LogP contribution >= 0.6 is 0 Å². The summed E-state index contributed by atoms with van der Waals surface area (Å²) in [5, 5.41) is 3.44. The first kappa shape index (κ1) is 13.7. The second kappa shape index (κ2) is 10.7. The molecular weight excluding hydrogens is 174 g/mol. The maximum absolute atomic E-state index is 5.40. The Balaban J connectivity index is 3.06. The van der Waals surface area contributed by atoms with Crippen molar-refractivity contribution >= 4 is 0 Å². The minimum Gasteiger partial charge on any atom is -0.380 e. The minimum atomic E-state index is 0.623. The third-order valence-electron chi connectivity index (χ3n) is 2.20. The van der Waals surface area contributed by atoms with Crippen molar-refractivity contribution in [1.29, 1.82) is 0 Å². The Kier molecular flexibility index (Phi) is 10.5. The Morgan fingerprint density at radius 3 is 2.86 bits per heavy atom. The summed E-state index contributed by atoms with van der Waals surface area (Å²) in [6.45, 7) is 10.7. The number of hydrogen-bond acceptors (Lipinski definition) is 2. The van der Waals surface area contributed by atoms with E-state index in [1.54, 1.807) is 0 Å². The summed E-state index contributed by atoms with van der Waals surface area (Å²) in [6, 6.07) is 0.623. The molecule has 0 radical (unpaired) electrons. The molecule has 2 nitrogen and oxygen atoms in total. The van der Waals surface area contributed by atoms with Crippen LogP contribution in [0.15, 0.2) is 12.7 Å². The smallest absolute Gasteiger partial charge is 0.0591 e. The molecule has 0 heterocycles. The maximum atomic E-state index is 5.40. The van der Waals surface area contributed by atoms with Crippen LogP contribution in [0.5, 0.6) is 0 Å². The summed E-state index contributed by atoms with van der Waals surface area (Å²) in [5.41, 5.74) is 0. The van der Waals surface area contributed by atoms with E-state index in [-0.39, 0.29) is 0 Å². The highest BCUT2D eigenvalue weighted by Gasteiger charge is 1.98. The van der Waals surface area contributed by atoms with Crippen molar-refractivity contribution in [3.8, 4) is 0 Å². The second-order valence-corrected chi connectivity index (χ2v) is 3.69. The highest BCUT2D eigenvalue weighted by atomic mass is 16.5. The molecular formula is C12H25NO. The normalized spacial score (nSPS) is 12.7. The van der Waals surface area contributed by atoms with Gasteiger partial charge in [-0.25, -0.2) is 0 Å². The van der Waals surface area contributed by atoms with Gasteiger partial charge in [-0.05, 0) is 19.8 Å². The molecule has 1 unspecified atom stereocenters. The highest BCUT2D eigenvalue weighted by molar-refractivity contribution is 4.65. The summed E-state index contributed by atoms with van der Waals surface area (Å²) in [5.74, 6) is 0. The van der Waals surface area contributed by atoms with Crippen LogP contribution in [0.25, 0.3) is 0 Å². The Morgan fingerprint density at radius 2 is 2.21 bits per heavy atom. The average molecular weight is 199 g/mol. The lowest BCUT2D eigenvalue weighted by atomic mass is 10.1. The molecule has 0 rings (SSSR count). The van der Waals surface area contributed by atoms with E-state index < -0.39 is 0 Å². The predicted molar refractivity (Wildman–Crippen MR) is 62.6 cm³/mol. The molecule has 0 aromatic heterocycles. The van der Waals surface area contributed by atoms with Gasteiger partial charge in [0.1, 0.15) is 0 Å². The summed E-state index contributed by atoms with van der Waals surface area (Å²) in [7, 11) is 0. The average Bonchev–Trinajstić information content (AvgIpc) is 2.20. The van der Waals surface area contributed by atoms with E-state index in [2.05, 4.69) is 25.7 Å². The van der Waals surface area contributed by atoms with Crippen molar-refractivity contribution in [3.63, 3.8) is 0 Å². The molecule has 14 heavy (non-hydrogen) atoms. The van der Waals surface area contributed by atoms with Crippen LogP contribution in [0.1, 0.15) is 39.5 Å². The highest BCUT2D eigenvalue weighted by Crippen LogP contribution is 1.98. The standard InChI is InChI=1S/C12H25NO/c1-4-6-8-12(3)13-9-11-14-10-7-5-2/h5,12-13H,2,4,6-11H2,1,3H3. The van der Waals surface area contributed by atoms with Crippen molar-refractivity contribution in [3.05, 3.63) is 12.7 Å². The molecule has 0 fully saturated rings. The van der Waals surface area contributed by atoms with Crippen molar-refractivity contribution in [2.45, 2.75) is 45.6 Å². The van der Waals surface area contributed by atoms with E-state index in [1.807, 2.05) is 6.08 Å². The van der Waals surface area contributed by atoms with Gasteiger partial charge in [-0.3, -0.25) is 0 Å². The molecule has 0 spiro atoms. The monoisotopic (exact) mass is 199 g/mol. The Bertz CT molecular complexity index is 125. The third-order valence-corrected chi connectivity index (χ3v) is 2.20. The molecule has 84 valence electrons. The fourth-order valence-corrected chi connectivity index (χ4v) is 1.26. The van der Waals surface area contributed by atoms with Gasteiger partial charge < -0.3 is 10.1 Å². The van der Waals surface area contributed by atoms with E-state index in [1.165, 1.54) is 19.3 Å². The first-order valence-electron chi connectivity index (χ1n) is 5.73. The molecule has 0 saturated carbocycles. The summed E-state index contributed by atoms with van der Waals surface area (Å²) in [6.07, 6.45) is 6.69. The lowest BCUT2D eigenvalue weighted by Crippen LogP contribution is -2.29. The lowest BCUT2D eigenvalue weighted by Gasteiger charge is -2.12. The number of rotatable bonds is 10. The van der Waals surface area contributed by atoms with Crippen LogP contribution in [-0.4, -0.2) is 25.8 Å². The molecule has 0 aromatic carbocycles. The summed E-state index contributed by atoms with van der Waals surface area (Å²) < 4.78 is 5.40. The van der Waals surface area contributed by atoms with E-state index >= 15 is 0 Å². The van der Waals surface area contributed by atoms with Crippen LogP contribution in [0.2, 0.25) is 0 Å². The fourth-order valence-electron chi connectivity index (χ4n) is 1.26. The zero-order chi connectivity index (χ0) is 10.6. The SMILES string of the molecule is C=CCCOCCNC(C)CCCC. The van der Waals surface area contributed by atoms with Gasteiger partial charge in [0.05, 0.1) is 13.2 Å². The molecule has 0 aliphatic rings. The molecule has 0 aromatic rings. The molecule has 0 bridgehead atoms. The number of unbranched alkanes of at least 4 members (excludes halogenated alkanes) is 1. The molecule has 0 aliphatic heterocycles. The quantitative estimate of drug-likeness (QED) is 0.431. The van der Waals surface area contributed by atoms with Crippen LogP contribution in [0.4, 0.5) is 0 Å². The second-order valence-electron chi connectivity index (χ2n) is 3.69. The molecule has 1 atom stereocenters. The molecule has 0 amide bonds. The van der Waals surface area contributed by atoms with Gasteiger partial charge >= 0.3 is 0 Å². The largest absolute Gasteiger partial charge is 0.380 e. The summed E-state index contributed by atoms with van der Waals surface area (Å²) in [4.78, 5) is 0. The third kappa shape index (κ3) is 9.75. The zero-order valence-electron chi connectivity index (χ0n) is 9.72. The van der Waals surface area contributed by atoms with Crippen LogP contribution in [0.3, 0.4) is 0 Å². The predicted octanol–water partition coefficient (Wildman–Crippen LogP) is 2.75. The van der Waals surface area contributed by atoms with Crippen LogP contribution in [0, 0.1) is 0 Å². The van der Waals surface area contributed by atoms with Gasteiger partial charge in [-0.1, -0.05) is 25.8 Å². The van der Waals surface area contributed by atoms with E-state index in [4.69, 9.17) is 4.74 Å². The molecule has 2 heteroatoms. The van der Waals surface area contributed by atoms with Crippen molar-refractivity contribution in [1.82, 2.24) is 5.32 Å². The van der Waals surface area contributed by atoms with E-state index in [0.29, 0.717) is 6.04 Å². The molecule has 0 aliphatic carbocycles. The molecule has 0 saturated heterocycles. The van der Waals surface area contributed by atoms with Gasteiger partial charge in [-0.2, -0.15) is 0 Å². The van der Waals surface area contributed by atoms with Gasteiger partial charge in [0, 0.05) is 12.6 Å². The van der Waals surface area contributed by atoms with Crippen LogP contribution in [-0.2, 0) is 4.74 Å². The zero-order valence-corrected chi connectivity index (χ0v) is 9.72.